The third-order valence-electron chi connectivity index (χ3n) is 5.33. The quantitative estimate of drug-likeness (QED) is 0.899. The summed E-state index contributed by atoms with van der Waals surface area (Å²) in [6.45, 7) is 2.75. The highest BCUT2D eigenvalue weighted by molar-refractivity contribution is 5.74. The molecule has 5 heteroatoms. The molecule has 0 bridgehead atoms. The van der Waals surface area contributed by atoms with Gasteiger partial charge in [0.05, 0.1) is 18.8 Å². The summed E-state index contributed by atoms with van der Waals surface area (Å²) >= 11 is 0. The number of rotatable bonds is 5. The molecule has 0 aromatic heterocycles. The van der Waals surface area contributed by atoms with Gasteiger partial charge in [-0.05, 0) is 45.3 Å². The third kappa shape index (κ3) is 4.08. The van der Waals surface area contributed by atoms with E-state index in [-0.39, 0.29) is 17.7 Å². The number of carbonyl (C=O) groups excluding carboxylic acids is 1. The first-order chi connectivity index (χ1) is 11.6. The van der Waals surface area contributed by atoms with Gasteiger partial charge >= 0.3 is 6.03 Å². The van der Waals surface area contributed by atoms with E-state index >= 15 is 0 Å². The zero-order chi connectivity index (χ0) is 17.0. The van der Waals surface area contributed by atoms with Gasteiger partial charge in [0, 0.05) is 19.1 Å². The number of nitrogens with one attached hydrogen (secondary N) is 1. The Hall–Kier alpha value is -1.59. The average molecular weight is 331 g/mol. The lowest BCUT2D eigenvalue weighted by molar-refractivity contribution is -0.141. The van der Waals surface area contributed by atoms with Crippen molar-refractivity contribution in [1.82, 2.24) is 15.1 Å². The number of ether oxygens (including phenoxy) is 1. The second-order valence-electron chi connectivity index (χ2n) is 7.30. The van der Waals surface area contributed by atoms with E-state index < -0.39 is 0 Å². The molecule has 24 heavy (non-hydrogen) atoms. The predicted octanol–water partition coefficient (Wildman–Crippen LogP) is 2.12. The van der Waals surface area contributed by atoms with E-state index in [4.69, 9.17) is 4.74 Å². The molecule has 1 N–H and O–H groups in total. The van der Waals surface area contributed by atoms with Crippen molar-refractivity contribution in [3.05, 3.63) is 35.9 Å². The number of likely N-dealkylation sites (N-methyl/N-ethyl adjacent to an activating group) is 1. The largest absolute Gasteiger partial charge is 0.371 e. The van der Waals surface area contributed by atoms with Crippen LogP contribution in [0.1, 0.15) is 24.8 Å². The average Bonchev–Trinajstić information content (AvgIpc) is 2.57. The minimum atomic E-state index is -0.0411. The number of amides is 2. The highest BCUT2D eigenvalue weighted by Gasteiger charge is 2.43. The first kappa shape index (κ1) is 17.2. The van der Waals surface area contributed by atoms with E-state index in [0.717, 1.165) is 25.8 Å². The molecule has 2 amide bonds. The summed E-state index contributed by atoms with van der Waals surface area (Å²) in [5.41, 5.74) is 1.26. The number of urea groups is 1. The number of benzene rings is 1. The molecule has 132 valence electrons. The lowest BCUT2D eigenvalue weighted by Gasteiger charge is -2.48. The third-order valence-corrected chi connectivity index (χ3v) is 5.33. The Morgan fingerprint density at radius 1 is 1.33 bits per heavy atom. The molecular weight excluding hydrogens is 302 g/mol. The maximum Gasteiger partial charge on any atom is 0.317 e. The standard InChI is InChI=1S/C19H29N3O2/c1-21(2)17(13-16-7-4-3-5-8-16)14-20-18(23)22-11-12-24-19(15-22)9-6-10-19/h3-5,7-8,17H,6,9-15H2,1-2H3,(H,20,23)/t17-/m0/s1. The Morgan fingerprint density at radius 3 is 2.71 bits per heavy atom. The van der Waals surface area contributed by atoms with E-state index in [0.29, 0.717) is 19.7 Å². The van der Waals surface area contributed by atoms with Crippen LogP contribution in [0.15, 0.2) is 30.3 Å². The molecule has 0 unspecified atom stereocenters. The summed E-state index contributed by atoms with van der Waals surface area (Å²) in [6, 6.07) is 10.8. The zero-order valence-corrected chi connectivity index (χ0v) is 14.8. The minimum absolute atomic E-state index is 0.0411. The number of morpholine rings is 1. The number of nitrogens with zero attached hydrogens (tertiary/aromatic N) is 2. The first-order valence-electron chi connectivity index (χ1n) is 8.95. The van der Waals surface area contributed by atoms with E-state index in [1.54, 1.807) is 0 Å². The summed E-state index contributed by atoms with van der Waals surface area (Å²) in [4.78, 5) is 16.7. The molecule has 2 fully saturated rings. The molecule has 1 aliphatic carbocycles. The van der Waals surface area contributed by atoms with Crippen LogP contribution in [0, 0.1) is 0 Å². The van der Waals surface area contributed by atoms with Crippen LogP contribution in [0.3, 0.4) is 0 Å². The van der Waals surface area contributed by atoms with Crippen LogP contribution in [0.4, 0.5) is 4.79 Å². The Kier molecular flexibility index (Phi) is 5.41. The molecule has 1 atom stereocenters. The molecule has 1 aliphatic heterocycles. The molecule has 1 aromatic carbocycles. The number of hydrogen-bond donors (Lipinski definition) is 1. The first-order valence-corrected chi connectivity index (χ1v) is 8.95. The SMILES string of the molecule is CN(C)[C@H](CNC(=O)N1CCOC2(CCC2)C1)Cc1ccccc1. The van der Waals surface area contributed by atoms with Gasteiger partial charge in [0.2, 0.25) is 0 Å². The van der Waals surface area contributed by atoms with Crippen molar-refractivity contribution < 1.29 is 9.53 Å². The van der Waals surface area contributed by atoms with Gasteiger partial charge in [0.25, 0.3) is 0 Å². The number of hydrogen-bond acceptors (Lipinski definition) is 3. The molecule has 0 radical (unpaired) electrons. The summed E-state index contributed by atoms with van der Waals surface area (Å²) < 4.78 is 5.89. The van der Waals surface area contributed by atoms with Gasteiger partial charge in [-0.25, -0.2) is 4.79 Å². The van der Waals surface area contributed by atoms with Crippen LogP contribution < -0.4 is 5.32 Å². The van der Waals surface area contributed by atoms with Gasteiger partial charge in [-0.15, -0.1) is 0 Å². The van der Waals surface area contributed by atoms with Gasteiger partial charge in [-0.3, -0.25) is 0 Å². The van der Waals surface area contributed by atoms with Crippen LogP contribution in [-0.2, 0) is 11.2 Å². The highest BCUT2D eigenvalue weighted by atomic mass is 16.5. The predicted molar refractivity (Wildman–Crippen MR) is 95.1 cm³/mol. The zero-order valence-electron chi connectivity index (χ0n) is 14.8. The molecule has 1 saturated heterocycles. The molecular formula is C19H29N3O2. The van der Waals surface area contributed by atoms with Gasteiger partial charge in [0.15, 0.2) is 0 Å². The Balaban J connectivity index is 1.51. The van der Waals surface area contributed by atoms with Crippen LogP contribution in [0.25, 0.3) is 0 Å². The monoisotopic (exact) mass is 331 g/mol. The summed E-state index contributed by atoms with van der Waals surface area (Å²) in [5, 5.41) is 3.13. The molecule has 1 spiro atoms. The lowest BCUT2D eigenvalue weighted by atomic mass is 9.79. The van der Waals surface area contributed by atoms with Crippen molar-refractivity contribution in [1.29, 1.82) is 0 Å². The molecule has 2 aliphatic rings. The van der Waals surface area contributed by atoms with Gasteiger partial charge in [-0.1, -0.05) is 30.3 Å². The smallest absolute Gasteiger partial charge is 0.317 e. The molecule has 3 rings (SSSR count). The van der Waals surface area contributed by atoms with Crippen LogP contribution >= 0.6 is 0 Å². The topological polar surface area (TPSA) is 44.8 Å². The van der Waals surface area contributed by atoms with E-state index in [9.17, 15) is 4.79 Å². The summed E-state index contributed by atoms with van der Waals surface area (Å²) in [7, 11) is 4.13. The number of carbonyl (C=O) groups is 1. The second kappa shape index (κ2) is 7.53. The Labute approximate surface area is 145 Å². The van der Waals surface area contributed by atoms with Crippen LogP contribution in [0.5, 0.6) is 0 Å². The van der Waals surface area contributed by atoms with Crippen molar-refractivity contribution in [3.63, 3.8) is 0 Å². The van der Waals surface area contributed by atoms with Crippen molar-refractivity contribution in [2.75, 3.05) is 40.3 Å². The second-order valence-corrected chi connectivity index (χ2v) is 7.30. The van der Waals surface area contributed by atoms with Crippen molar-refractivity contribution >= 4 is 6.03 Å². The van der Waals surface area contributed by atoms with Crippen molar-refractivity contribution in [2.24, 2.45) is 0 Å². The van der Waals surface area contributed by atoms with Gasteiger partial charge in [0.1, 0.15) is 0 Å². The van der Waals surface area contributed by atoms with Crippen molar-refractivity contribution in [2.45, 2.75) is 37.3 Å². The molecule has 1 saturated carbocycles. The minimum Gasteiger partial charge on any atom is -0.371 e. The summed E-state index contributed by atoms with van der Waals surface area (Å²) in [5.74, 6) is 0. The van der Waals surface area contributed by atoms with E-state index in [1.165, 1.54) is 12.0 Å². The van der Waals surface area contributed by atoms with E-state index in [1.807, 2.05) is 11.0 Å². The summed E-state index contributed by atoms with van der Waals surface area (Å²) in [6.07, 6.45) is 4.33. The molecule has 5 nitrogen and oxygen atoms in total. The molecule has 1 heterocycles. The van der Waals surface area contributed by atoms with Crippen LogP contribution in [-0.4, -0.2) is 67.8 Å². The van der Waals surface area contributed by atoms with Crippen molar-refractivity contribution in [3.8, 4) is 0 Å². The Bertz CT molecular complexity index is 543. The molecule has 1 aromatic rings. The van der Waals surface area contributed by atoms with Gasteiger partial charge in [-0.2, -0.15) is 0 Å². The maximum atomic E-state index is 12.5. The van der Waals surface area contributed by atoms with E-state index in [2.05, 4.69) is 48.6 Å². The fraction of sp³-hybridized carbons (Fsp3) is 0.632. The fourth-order valence-electron chi connectivity index (χ4n) is 3.53. The highest BCUT2D eigenvalue weighted by Crippen LogP contribution is 2.38. The normalized spacial score (nSPS) is 20.7. The fourth-order valence-corrected chi connectivity index (χ4v) is 3.53. The lowest BCUT2D eigenvalue weighted by Crippen LogP contribution is -2.59. The maximum absolute atomic E-state index is 12.5. The van der Waals surface area contributed by atoms with Gasteiger partial charge < -0.3 is 19.9 Å². The van der Waals surface area contributed by atoms with Crippen LogP contribution in [0.2, 0.25) is 0 Å². The Morgan fingerprint density at radius 2 is 2.08 bits per heavy atom.